The molecule has 0 aliphatic carbocycles. The Morgan fingerprint density at radius 1 is 1.53 bits per heavy atom. The van der Waals surface area contributed by atoms with Crippen molar-refractivity contribution in [3.05, 3.63) is 50.7 Å². The molecule has 0 unspecified atom stereocenters. The van der Waals surface area contributed by atoms with Crippen molar-refractivity contribution >= 4 is 28.7 Å². The highest BCUT2D eigenvalue weighted by Crippen LogP contribution is 2.19. The van der Waals surface area contributed by atoms with Crippen molar-refractivity contribution < 1.29 is 9.18 Å². The molecule has 2 rings (SSSR count). The van der Waals surface area contributed by atoms with E-state index < -0.39 is 5.82 Å². The summed E-state index contributed by atoms with van der Waals surface area (Å²) in [5, 5.41) is 0.0383. The van der Waals surface area contributed by atoms with Gasteiger partial charge in [-0.25, -0.2) is 9.37 Å². The molecular weight excluding hydrogens is 261 g/mol. The summed E-state index contributed by atoms with van der Waals surface area (Å²) < 4.78 is 12.9. The summed E-state index contributed by atoms with van der Waals surface area (Å²) >= 11 is 6.97. The molecular formula is C12H9ClFNOS. The van der Waals surface area contributed by atoms with Crippen LogP contribution >= 0.6 is 22.9 Å². The van der Waals surface area contributed by atoms with Gasteiger partial charge in [0, 0.05) is 6.42 Å². The predicted molar refractivity (Wildman–Crippen MR) is 66.3 cm³/mol. The van der Waals surface area contributed by atoms with Gasteiger partial charge in [0.2, 0.25) is 0 Å². The van der Waals surface area contributed by atoms with Crippen LogP contribution in [-0.2, 0) is 6.42 Å². The molecule has 0 N–H and O–H groups in total. The van der Waals surface area contributed by atoms with E-state index in [1.165, 1.54) is 23.5 Å². The molecule has 1 aromatic carbocycles. The number of carbonyl (C=O) groups is 1. The van der Waals surface area contributed by atoms with Crippen LogP contribution in [0.3, 0.4) is 0 Å². The third-order valence-corrected chi connectivity index (χ3v) is 3.61. The number of hydrogen-bond donors (Lipinski definition) is 0. The smallest absolute Gasteiger partial charge is 0.179 e. The highest BCUT2D eigenvalue weighted by Gasteiger charge is 2.13. The van der Waals surface area contributed by atoms with Gasteiger partial charge < -0.3 is 0 Å². The van der Waals surface area contributed by atoms with Gasteiger partial charge in [-0.2, -0.15) is 0 Å². The van der Waals surface area contributed by atoms with E-state index in [4.69, 9.17) is 11.6 Å². The van der Waals surface area contributed by atoms with Gasteiger partial charge in [0.25, 0.3) is 0 Å². The molecule has 88 valence electrons. The van der Waals surface area contributed by atoms with Crippen LogP contribution in [0.4, 0.5) is 4.39 Å². The Morgan fingerprint density at radius 3 is 2.88 bits per heavy atom. The minimum absolute atomic E-state index is 0.0207. The molecule has 0 saturated heterocycles. The van der Waals surface area contributed by atoms with E-state index in [-0.39, 0.29) is 17.2 Å². The molecule has 0 bridgehead atoms. The lowest BCUT2D eigenvalue weighted by Crippen LogP contribution is -2.03. The van der Waals surface area contributed by atoms with Crippen molar-refractivity contribution in [3.63, 3.8) is 0 Å². The zero-order valence-corrected chi connectivity index (χ0v) is 10.6. The zero-order chi connectivity index (χ0) is 12.4. The molecule has 0 atom stereocenters. The number of Topliss-reactive ketones (excluding diaryl/α,β-unsaturated/α-hetero) is 1. The second-order valence-electron chi connectivity index (χ2n) is 3.62. The first-order valence-corrected chi connectivity index (χ1v) is 6.21. The maximum absolute atomic E-state index is 12.9. The van der Waals surface area contributed by atoms with Crippen LogP contribution in [0.5, 0.6) is 0 Å². The molecule has 0 aliphatic rings. The third kappa shape index (κ3) is 2.70. The summed E-state index contributed by atoms with van der Waals surface area (Å²) in [6.07, 6.45) is 0.211. The summed E-state index contributed by atoms with van der Waals surface area (Å²) in [7, 11) is 0. The van der Waals surface area contributed by atoms with Crippen LogP contribution in [0.2, 0.25) is 5.02 Å². The number of halogens is 2. The van der Waals surface area contributed by atoms with Crippen LogP contribution in [0.25, 0.3) is 0 Å². The van der Waals surface area contributed by atoms with Gasteiger partial charge in [0.1, 0.15) is 5.82 Å². The number of rotatable bonds is 3. The first kappa shape index (κ1) is 12.2. The number of hydrogen-bond acceptors (Lipinski definition) is 3. The number of benzene rings is 1. The second kappa shape index (κ2) is 4.94. The molecule has 2 aromatic rings. The van der Waals surface area contributed by atoms with Crippen molar-refractivity contribution in [2.45, 2.75) is 13.3 Å². The van der Waals surface area contributed by atoms with E-state index >= 15 is 0 Å². The number of ketones is 1. The van der Waals surface area contributed by atoms with Crippen molar-refractivity contribution in [3.8, 4) is 0 Å². The topological polar surface area (TPSA) is 30.0 Å². The Kier molecular flexibility index (Phi) is 3.54. The fraction of sp³-hybridized carbons (Fsp3) is 0.167. The van der Waals surface area contributed by atoms with Crippen LogP contribution < -0.4 is 0 Å². The largest absolute Gasteiger partial charge is 0.293 e. The number of carbonyl (C=O) groups excluding carboxylic acids is 1. The predicted octanol–water partition coefficient (Wildman–Crippen LogP) is 3.67. The lowest BCUT2D eigenvalue weighted by molar-refractivity contribution is 0.0996. The molecule has 5 heteroatoms. The molecule has 1 heterocycles. The van der Waals surface area contributed by atoms with Gasteiger partial charge in [0.15, 0.2) is 5.78 Å². The van der Waals surface area contributed by atoms with E-state index in [1.807, 2.05) is 0 Å². The number of aryl methyl sites for hydroxylation is 1. The van der Waals surface area contributed by atoms with E-state index in [1.54, 1.807) is 18.5 Å². The Bertz CT molecular complexity index is 567. The van der Waals surface area contributed by atoms with Gasteiger partial charge in [-0.1, -0.05) is 17.7 Å². The fourth-order valence-corrected chi connectivity index (χ4v) is 2.43. The van der Waals surface area contributed by atoms with Crippen LogP contribution in [0.15, 0.2) is 23.7 Å². The molecule has 0 spiro atoms. The lowest BCUT2D eigenvalue weighted by Gasteiger charge is -2.01. The number of nitrogens with zero attached hydrogens (tertiary/aromatic N) is 1. The lowest BCUT2D eigenvalue weighted by atomic mass is 10.1. The van der Waals surface area contributed by atoms with E-state index in [0.29, 0.717) is 10.4 Å². The van der Waals surface area contributed by atoms with Gasteiger partial charge in [0.05, 0.1) is 21.1 Å². The Morgan fingerprint density at radius 2 is 2.29 bits per heavy atom. The summed E-state index contributed by atoms with van der Waals surface area (Å²) in [6, 6.07) is 4.31. The Balaban J connectivity index is 2.19. The average molecular weight is 270 g/mol. The van der Waals surface area contributed by atoms with Crippen molar-refractivity contribution in [2.75, 3.05) is 0 Å². The molecule has 0 fully saturated rings. The quantitative estimate of drug-likeness (QED) is 0.796. The SMILES string of the molecule is Cc1ncsc1C(=O)Cc1ccc(F)c(Cl)c1. The Hall–Kier alpha value is -1.26. The van der Waals surface area contributed by atoms with Crippen molar-refractivity contribution in [1.29, 1.82) is 0 Å². The van der Waals surface area contributed by atoms with Crippen molar-refractivity contribution in [2.24, 2.45) is 0 Å². The van der Waals surface area contributed by atoms with Gasteiger partial charge in [-0.3, -0.25) is 4.79 Å². The highest BCUT2D eigenvalue weighted by atomic mass is 35.5. The maximum atomic E-state index is 12.9. The standard InChI is InChI=1S/C12H9ClFNOS/c1-7-12(17-6-15-7)11(16)5-8-2-3-10(14)9(13)4-8/h2-4,6H,5H2,1H3. The van der Waals surface area contributed by atoms with Gasteiger partial charge in [-0.15, -0.1) is 11.3 Å². The maximum Gasteiger partial charge on any atom is 0.179 e. The van der Waals surface area contributed by atoms with E-state index in [0.717, 1.165) is 5.69 Å². The van der Waals surface area contributed by atoms with E-state index in [9.17, 15) is 9.18 Å². The van der Waals surface area contributed by atoms with Crippen LogP contribution in [0.1, 0.15) is 20.9 Å². The summed E-state index contributed by atoms with van der Waals surface area (Å²) in [5.41, 5.74) is 3.07. The molecule has 0 radical (unpaired) electrons. The number of thiazole rings is 1. The number of aromatic nitrogens is 1. The zero-order valence-electron chi connectivity index (χ0n) is 9.04. The van der Waals surface area contributed by atoms with Crippen LogP contribution in [0, 0.1) is 12.7 Å². The van der Waals surface area contributed by atoms with Gasteiger partial charge >= 0.3 is 0 Å². The summed E-state index contributed by atoms with van der Waals surface area (Å²) in [6.45, 7) is 1.79. The highest BCUT2D eigenvalue weighted by molar-refractivity contribution is 7.11. The molecule has 0 saturated carbocycles. The van der Waals surface area contributed by atoms with Crippen molar-refractivity contribution in [1.82, 2.24) is 4.98 Å². The molecule has 0 aliphatic heterocycles. The Labute approximate surface area is 107 Å². The van der Waals surface area contributed by atoms with E-state index in [2.05, 4.69) is 4.98 Å². The molecule has 1 aromatic heterocycles. The average Bonchev–Trinajstić information content (AvgIpc) is 2.70. The third-order valence-electron chi connectivity index (χ3n) is 2.35. The molecule has 0 amide bonds. The minimum Gasteiger partial charge on any atom is -0.293 e. The second-order valence-corrected chi connectivity index (χ2v) is 4.88. The first-order valence-electron chi connectivity index (χ1n) is 4.95. The molecule has 17 heavy (non-hydrogen) atoms. The molecule has 2 nitrogen and oxygen atoms in total. The summed E-state index contributed by atoms with van der Waals surface area (Å²) in [4.78, 5) is 16.6. The summed E-state index contributed by atoms with van der Waals surface area (Å²) in [5.74, 6) is -0.496. The minimum atomic E-state index is -0.475. The van der Waals surface area contributed by atoms with Crippen LogP contribution in [-0.4, -0.2) is 10.8 Å². The normalized spacial score (nSPS) is 10.5. The monoisotopic (exact) mass is 269 g/mol. The first-order chi connectivity index (χ1) is 8.08. The van der Waals surface area contributed by atoms with Gasteiger partial charge in [-0.05, 0) is 24.6 Å². The fourth-order valence-electron chi connectivity index (χ4n) is 1.48.